The van der Waals surface area contributed by atoms with Gasteiger partial charge in [0.1, 0.15) is 11.7 Å². The predicted molar refractivity (Wildman–Crippen MR) is 123 cm³/mol. The van der Waals surface area contributed by atoms with E-state index < -0.39 is 58.7 Å². The van der Waals surface area contributed by atoms with E-state index in [1.165, 1.54) is 24.5 Å². The number of aromatic nitrogens is 2. The minimum absolute atomic E-state index is 0.00348. The van der Waals surface area contributed by atoms with E-state index in [1.54, 1.807) is 0 Å². The van der Waals surface area contributed by atoms with Gasteiger partial charge in [-0.05, 0) is 51.8 Å². The van der Waals surface area contributed by atoms with Crippen molar-refractivity contribution in [2.75, 3.05) is 11.9 Å². The summed E-state index contributed by atoms with van der Waals surface area (Å²) in [4.78, 5) is 20.0. The molecule has 0 fully saturated rings. The monoisotopic (exact) mass is 595 g/mol. The largest absolute Gasteiger partial charge is 0.417 e. The maximum Gasteiger partial charge on any atom is 0.417 e. The zero-order valence-electron chi connectivity index (χ0n) is 17.8. The Bertz CT molecular complexity index is 1280. The zero-order valence-corrected chi connectivity index (χ0v) is 20.1. The van der Waals surface area contributed by atoms with Gasteiger partial charge in [-0.2, -0.15) is 26.3 Å². The molecule has 190 valence electrons. The molecule has 0 saturated carbocycles. The molecule has 36 heavy (non-hydrogen) atoms. The van der Waals surface area contributed by atoms with E-state index in [0.717, 1.165) is 18.2 Å². The molecular formula is C23H14BrClF7N3O. The number of halogens is 9. The fraction of sp³-hybridized carbons (Fsp3) is 0.174. The lowest BCUT2D eigenvalue weighted by molar-refractivity contribution is -0.140. The third-order valence-corrected chi connectivity index (χ3v) is 6.07. The molecule has 0 bridgehead atoms. The summed E-state index contributed by atoms with van der Waals surface area (Å²) < 4.78 is 97.2. The van der Waals surface area contributed by atoms with Crippen molar-refractivity contribution in [3.63, 3.8) is 0 Å². The first-order chi connectivity index (χ1) is 16.8. The van der Waals surface area contributed by atoms with Crippen LogP contribution in [0.15, 0.2) is 65.4 Å². The van der Waals surface area contributed by atoms with Crippen molar-refractivity contribution in [3.05, 3.63) is 92.7 Å². The summed E-state index contributed by atoms with van der Waals surface area (Å²) in [5, 5.41) is 2.40. The summed E-state index contributed by atoms with van der Waals surface area (Å²) in [6.07, 6.45) is -7.21. The number of anilines is 1. The highest BCUT2D eigenvalue weighted by Gasteiger charge is 2.40. The van der Waals surface area contributed by atoms with Crippen molar-refractivity contribution in [1.82, 2.24) is 9.97 Å². The van der Waals surface area contributed by atoms with Crippen molar-refractivity contribution >= 4 is 45.1 Å². The second-order valence-corrected chi connectivity index (χ2v) is 8.58. The lowest BCUT2D eigenvalue weighted by Crippen LogP contribution is -2.20. The van der Waals surface area contributed by atoms with Crippen LogP contribution in [-0.2, 0) is 6.18 Å². The van der Waals surface area contributed by atoms with Crippen LogP contribution in [0.3, 0.4) is 0 Å². The van der Waals surface area contributed by atoms with E-state index >= 15 is 0 Å². The van der Waals surface area contributed by atoms with Gasteiger partial charge < -0.3 is 5.32 Å². The highest BCUT2D eigenvalue weighted by molar-refractivity contribution is 9.10. The van der Waals surface area contributed by atoms with Crippen molar-refractivity contribution in [1.29, 1.82) is 0 Å². The SMILES string of the molecule is O=C(CNc1ncccn1)c1ccc(/C(F)=C/C(c2ccc(Br)c(Cl)c2)C(F)(F)F)cc1C(F)(F)F. The molecule has 1 atom stereocenters. The van der Waals surface area contributed by atoms with Gasteiger partial charge in [-0.3, -0.25) is 4.79 Å². The quantitative estimate of drug-likeness (QED) is 0.223. The Morgan fingerprint density at radius 2 is 1.72 bits per heavy atom. The number of allylic oxidation sites excluding steroid dienone is 1. The molecule has 0 aliphatic heterocycles. The van der Waals surface area contributed by atoms with E-state index in [0.29, 0.717) is 16.6 Å². The van der Waals surface area contributed by atoms with Crippen LogP contribution in [0.5, 0.6) is 0 Å². The standard InChI is InChI=1S/C23H14BrClF7N3O/c24-17-5-3-12(9-18(17)25)15(22(27,28)29)10-19(26)13-2-4-14(16(8-13)23(30,31)32)20(36)11-35-21-33-6-1-7-34-21/h1-10,15H,11H2,(H,33,34,35)/b19-10-. The molecule has 13 heteroatoms. The summed E-state index contributed by atoms with van der Waals surface area (Å²) in [6.45, 7) is -0.606. The maximum absolute atomic E-state index is 14.9. The molecule has 1 unspecified atom stereocenters. The molecule has 0 spiro atoms. The van der Waals surface area contributed by atoms with Gasteiger partial charge in [0, 0.05) is 28.0 Å². The molecule has 2 aromatic carbocycles. The van der Waals surface area contributed by atoms with Crippen LogP contribution in [0.2, 0.25) is 5.02 Å². The van der Waals surface area contributed by atoms with E-state index in [-0.39, 0.29) is 17.0 Å². The lowest BCUT2D eigenvalue weighted by Gasteiger charge is -2.19. The first-order valence-corrected chi connectivity index (χ1v) is 11.1. The lowest BCUT2D eigenvalue weighted by atomic mass is 9.95. The van der Waals surface area contributed by atoms with Crippen molar-refractivity contribution in [3.8, 4) is 0 Å². The smallest absolute Gasteiger partial charge is 0.347 e. The molecule has 1 aromatic heterocycles. The number of carbonyl (C=O) groups is 1. The van der Waals surface area contributed by atoms with Crippen LogP contribution in [0.25, 0.3) is 5.83 Å². The van der Waals surface area contributed by atoms with Crippen LogP contribution >= 0.6 is 27.5 Å². The fourth-order valence-electron chi connectivity index (χ4n) is 3.14. The van der Waals surface area contributed by atoms with Crippen molar-refractivity contribution in [2.45, 2.75) is 18.3 Å². The van der Waals surface area contributed by atoms with Crippen LogP contribution in [0, 0.1) is 0 Å². The summed E-state index contributed by atoms with van der Waals surface area (Å²) in [7, 11) is 0. The highest BCUT2D eigenvalue weighted by Crippen LogP contribution is 2.41. The Balaban J connectivity index is 1.96. The Hall–Kier alpha value is -2.99. The van der Waals surface area contributed by atoms with Gasteiger partial charge in [0.2, 0.25) is 5.95 Å². The number of rotatable bonds is 7. The fourth-order valence-corrected chi connectivity index (χ4v) is 3.58. The summed E-state index contributed by atoms with van der Waals surface area (Å²) in [5.74, 6) is -5.06. The normalized spacial score (nSPS) is 13.4. The number of hydrogen-bond acceptors (Lipinski definition) is 4. The van der Waals surface area contributed by atoms with Gasteiger partial charge in [-0.25, -0.2) is 14.4 Å². The molecule has 3 aromatic rings. The van der Waals surface area contributed by atoms with Crippen LogP contribution < -0.4 is 5.32 Å². The molecule has 3 rings (SSSR count). The number of hydrogen-bond donors (Lipinski definition) is 1. The third kappa shape index (κ3) is 6.82. The first-order valence-electron chi connectivity index (χ1n) is 9.92. The minimum atomic E-state index is -5.09. The first kappa shape index (κ1) is 27.6. The Morgan fingerprint density at radius 3 is 2.31 bits per heavy atom. The van der Waals surface area contributed by atoms with E-state index in [9.17, 15) is 35.5 Å². The van der Waals surface area contributed by atoms with Gasteiger partial charge in [0.15, 0.2) is 5.78 Å². The molecule has 0 radical (unpaired) electrons. The Kier molecular flexibility index (Phi) is 8.40. The average molecular weight is 597 g/mol. The number of ketones is 1. The minimum Gasteiger partial charge on any atom is -0.347 e. The van der Waals surface area contributed by atoms with E-state index in [4.69, 9.17) is 11.6 Å². The highest BCUT2D eigenvalue weighted by atomic mass is 79.9. The predicted octanol–water partition coefficient (Wildman–Crippen LogP) is 7.86. The summed E-state index contributed by atoms with van der Waals surface area (Å²) >= 11 is 8.88. The summed E-state index contributed by atoms with van der Waals surface area (Å²) in [6, 6.07) is 6.56. The molecule has 0 saturated heterocycles. The number of benzene rings is 2. The molecule has 4 nitrogen and oxygen atoms in total. The van der Waals surface area contributed by atoms with Crippen LogP contribution in [0.4, 0.5) is 36.7 Å². The summed E-state index contributed by atoms with van der Waals surface area (Å²) in [5.41, 5.74) is -3.49. The zero-order chi connectivity index (χ0) is 26.7. The Labute approximate surface area is 213 Å². The van der Waals surface area contributed by atoms with E-state index in [2.05, 4.69) is 31.2 Å². The third-order valence-electron chi connectivity index (χ3n) is 4.84. The molecule has 0 aliphatic rings. The van der Waals surface area contributed by atoms with Gasteiger partial charge in [-0.1, -0.05) is 29.8 Å². The molecule has 1 N–H and O–H groups in total. The molecule has 1 heterocycles. The molecule has 0 aliphatic carbocycles. The average Bonchev–Trinajstić information content (AvgIpc) is 2.81. The maximum atomic E-state index is 14.9. The van der Waals surface area contributed by atoms with Gasteiger partial charge in [0.25, 0.3) is 0 Å². The van der Waals surface area contributed by atoms with Crippen LogP contribution in [-0.4, -0.2) is 28.5 Å². The van der Waals surface area contributed by atoms with Gasteiger partial charge in [-0.15, -0.1) is 0 Å². The molecular weight excluding hydrogens is 583 g/mol. The van der Waals surface area contributed by atoms with Gasteiger partial charge >= 0.3 is 12.4 Å². The molecule has 0 amide bonds. The van der Waals surface area contributed by atoms with Gasteiger partial charge in [0.05, 0.1) is 17.1 Å². The number of carbonyl (C=O) groups excluding carboxylic acids is 1. The number of nitrogens with one attached hydrogen (secondary N) is 1. The second kappa shape index (κ2) is 11.0. The van der Waals surface area contributed by atoms with E-state index in [1.807, 2.05) is 0 Å². The van der Waals surface area contributed by atoms with Crippen molar-refractivity contribution < 1.29 is 35.5 Å². The number of Topliss-reactive ketones (excluding diaryl/α,β-unsaturated/α-hetero) is 1. The number of alkyl halides is 6. The van der Waals surface area contributed by atoms with Crippen LogP contribution in [0.1, 0.15) is 33.0 Å². The van der Waals surface area contributed by atoms with Crippen molar-refractivity contribution in [2.24, 2.45) is 0 Å². The second-order valence-electron chi connectivity index (χ2n) is 7.31. The Morgan fingerprint density at radius 1 is 1.06 bits per heavy atom. The topological polar surface area (TPSA) is 54.9 Å². The number of nitrogens with zero attached hydrogens (tertiary/aromatic N) is 2.